The van der Waals surface area contributed by atoms with Crippen LogP contribution < -0.4 is 10.2 Å². The van der Waals surface area contributed by atoms with Gasteiger partial charge in [-0.3, -0.25) is 14.8 Å². The fourth-order valence-electron chi connectivity index (χ4n) is 3.22. The molecule has 0 aliphatic carbocycles. The zero-order valence-corrected chi connectivity index (χ0v) is 18.2. The molecule has 2 heterocycles. The zero-order chi connectivity index (χ0) is 22.3. The zero-order valence-electron chi connectivity index (χ0n) is 16.6. The minimum absolute atomic E-state index is 0.00343. The molecule has 1 unspecified atom stereocenters. The van der Waals surface area contributed by atoms with Gasteiger partial charge in [0.2, 0.25) is 0 Å². The number of sulfone groups is 1. The minimum atomic E-state index is -3.85. The minimum Gasteiger partial charge on any atom is -0.497 e. The number of nitrogens with zero attached hydrogens (tertiary/aromatic N) is 1. The number of fused-ring (bicyclic) bond motifs is 1. The Morgan fingerprint density at radius 2 is 2.10 bits per heavy atom. The number of hydrogen-bond acceptors (Lipinski definition) is 7. The van der Waals surface area contributed by atoms with Crippen molar-refractivity contribution < 1.29 is 32.3 Å². The van der Waals surface area contributed by atoms with E-state index in [1.54, 1.807) is 18.2 Å². The first-order valence-electron chi connectivity index (χ1n) is 8.92. The van der Waals surface area contributed by atoms with Crippen LogP contribution in [0.1, 0.15) is 28.6 Å². The largest absolute Gasteiger partial charge is 0.497 e. The van der Waals surface area contributed by atoms with E-state index >= 15 is 0 Å². The third kappa shape index (κ3) is 3.80. The Morgan fingerprint density at radius 1 is 1.40 bits per heavy atom. The molecule has 11 heteroatoms. The van der Waals surface area contributed by atoms with Gasteiger partial charge in [-0.2, -0.15) is 0 Å². The SMILES string of the molecule is COc1ccc(-c2cc3c(s2)C(=O)N(CCC(C)(C(=O)NO)S(C)(=O)=O)C3)c(F)c1. The van der Waals surface area contributed by atoms with Gasteiger partial charge in [0, 0.05) is 35.9 Å². The molecule has 0 spiro atoms. The van der Waals surface area contributed by atoms with Crippen molar-refractivity contribution in [1.29, 1.82) is 0 Å². The average Bonchev–Trinajstić information content (AvgIpc) is 3.23. The molecule has 0 saturated carbocycles. The quantitative estimate of drug-likeness (QED) is 0.488. The smallest absolute Gasteiger partial charge is 0.264 e. The van der Waals surface area contributed by atoms with Crippen molar-refractivity contribution in [3.05, 3.63) is 40.5 Å². The summed E-state index contributed by atoms with van der Waals surface area (Å²) in [7, 11) is -2.41. The molecule has 0 radical (unpaired) electrons. The molecule has 1 atom stereocenters. The molecule has 1 aliphatic heterocycles. The maximum absolute atomic E-state index is 14.3. The number of halogens is 1. The molecule has 8 nitrogen and oxygen atoms in total. The predicted octanol–water partition coefficient (Wildman–Crippen LogP) is 2.22. The van der Waals surface area contributed by atoms with Gasteiger partial charge in [-0.05, 0) is 37.1 Å². The number of amides is 2. The normalized spacial score (nSPS) is 15.6. The molecule has 0 bridgehead atoms. The van der Waals surface area contributed by atoms with E-state index in [0.29, 0.717) is 26.6 Å². The molecule has 2 aromatic rings. The topological polar surface area (TPSA) is 113 Å². The number of methoxy groups -OCH3 is 1. The van der Waals surface area contributed by atoms with Crippen molar-refractivity contribution >= 4 is 33.0 Å². The summed E-state index contributed by atoms with van der Waals surface area (Å²) in [6.07, 6.45) is 0.722. The van der Waals surface area contributed by atoms with Crippen LogP contribution in [-0.2, 0) is 21.2 Å². The van der Waals surface area contributed by atoms with Gasteiger partial charge >= 0.3 is 0 Å². The summed E-state index contributed by atoms with van der Waals surface area (Å²) < 4.78 is 41.6. The van der Waals surface area contributed by atoms with Crippen LogP contribution in [0.25, 0.3) is 10.4 Å². The highest BCUT2D eigenvalue weighted by atomic mass is 32.2. The second-order valence-electron chi connectivity index (χ2n) is 7.23. The maximum atomic E-state index is 14.3. The summed E-state index contributed by atoms with van der Waals surface area (Å²) in [5.41, 5.74) is 2.46. The highest BCUT2D eigenvalue weighted by Gasteiger charge is 2.44. The summed E-state index contributed by atoms with van der Waals surface area (Å²) in [5.74, 6) is -1.43. The van der Waals surface area contributed by atoms with E-state index in [4.69, 9.17) is 9.94 Å². The number of rotatable bonds is 7. The van der Waals surface area contributed by atoms with Gasteiger partial charge < -0.3 is 9.64 Å². The van der Waals surface area contributed by atoms with Gasteiger partial charge in [-0.1, -0.05) is 0 Å². The van der Waals surface area contributed by atoms with Gasteiger partial charge in [0.05, 0.1) is 12.0 Å². The summed E-state index contributed by atoms with van der Waals surface area (Å²) in [4.78, 5) is 27.2. The van der Waals surface area contributed by atoms with Crippen LogP contribution in [0.3, 0.4) is 0 Å². The van der Waals surface area contributed by atoms with Gasteiger partial charge in [0.25, 0.3) is 11.8 Å². The lowest BCUT2D eigenvalue weighted by molar-refractivity contribution is -0.131. The predicted molar refractivity (Wildman–Crippen MR) is 109 cm³/mol. The number of hydrogen-bond donors (Lipinski definition) is 2. The van der Waals surface area contributed by atoms with Gasteiger partial charge in [0.15, 0.2) is 14.6 Å². The van der Waals surface area contributed by atoms with E-state index in [9.17, 15) is 22.4 Å². The molecule has 0 fully saturated rings. The summed E-state index contributed by atoms with van der Waals surface area (Å²) >= 11 is 1.15. The first-order valence-corrected chi connectivity index (χ1v) is 11.6. The number of carbonyl (C=O) groups is 2. The van der Waals surface area contributed by atoms with E-state index in [1.807, 2.05) is 0 Å². The van der Waals surface area contributed by atoms with Crippen LogP contribution in [0.5, 0.6) is 5.75 Å². The van der Waals surface area contributed by atoms with Crippen LogP contribution in [0.15, 0.2) is 24.3 Å². The van der Waals surface area contributed by atoms with E-state index in [0.717, 1.165) is 17.6 Å². The second kappa shape index (κ2) is 7.97. The first kappa shape index (κ1) is 22.2. The Balaban J connectivity index is 1.78. The Kier molecular flexibility index (Phi) is 5.89. The van der Waals surface area contributed by atoms with Crippen LogP contribution in [-0.4, -0.2) is 55.0 Å². The van der Waals surface area contributed by atoms with Crippen molar-refractivity contribution in [2.75, 3.05) is 19.9 Å². The summed E-state index contributed by atoms with van der Waals surface area (Å²) in [6.45, 7) is 1.43. The first-order chi connectivity index (χ1) is 14.0. The number of ether oxygens (including phenoxy) is 1. The Morgan fingerprint density at radius 3 is 2.63 bits per heavy atom. The molecule has 1 aromatic carbocycles. The van der Waals surface area contributed by atoms with Crippen molar-refractivity contribution in [3.63, 3.8) is 0 Å². The lowest BCUT2D eigenvalue weighted by Gasteiger charge is -2.27. The van der Waals surface area contributed by atoms with Crippen molar-refractivity contribution in [1.82, 2.24) is 10.4 Å². The molecule has 2 amide bonds. The van der Waals surface area contributed by atoms with Crippen LogP contribution >= 0.6 is 11.3 Å². The average molecular weight is 457 g/mol. The molecule has 1 aliphatic rings. The van der Waals surface area contributed by atoms with Gasteiger partial charge in [0.1, 0.15) is 11.6 Å². The molecule has 162 valence electrons. The maximum Gasteiger partial charge on any atom is 0.264 e. The van der Waals surface area contributed by atoms with Crippen LogP contribution in [0.4, 0.5) is 4.39 Å². The van der Waals surface area contributed by atoms with Crippen LogP contribution in [0.2, 0.25) is 0 Å². The standard InChI is InChI=1S/C19H21FN2O6S2/c1-19(18(24)21-25,30(3,26)27)6-7-22-10-11-8-15(29-16(11)17(22)23)13-5-4-12(28-2)9-14(13)20/h4-5,8-9,25H,6-7,10H2,1-3H3,(H,21,24). The van der Waals surface area contributed by atoms with Crippen molar-refractivity contribution in [2.24, 2.45) is 0 Å². The Hall–Kier alpha value is -2.50. The summed E-state index contributed by atoms with van der Waals surface area (Å²) in [6, 6.07) is 6.23. The van der Waals surface area contributed by atoms with E-state index < -0.39 is 26.3 Å². The molecular formula is C19H21FN2O6S2. The lowest BCUT2D eigenvalue weighted by atomic mass is 10.1. The Bertz CT molecular complexity index is 1110. The van der Waals surface area contributed by atoms with Crippen molar-refractivity contribution in [3.8, 4) is 16.2 Å². The van der Waals surface area contributed by atoms with Crippen molar-refractivity contribution in [2.45, 2.75) is 24.6 Å². The molecule has 1 aromatic heterocycles. The monoisotopic (exact) mass is 456 g/mol. The van der Waals surface area contributed by atoms with E-state index in [1.165, 1.54) is 30.5 Å². The number of benzene rings is 1. The van der Waals surface area contributed by atoms with E-state index in [2.05, 4.69) is 0 Å². The fourth-order valence-corrected chi connectivity index (χ4v) is 5.23. The highest BCUT2D eigenvalue weighted by Crippen LogP contribution is 2.38. The second-order valence-corrected chi connectivity index (χ2v) is 10.7. The molecule has 0 saturated heterocycles. The third-order valence-corrected chi connectivity index (χ3v) is 8.58. The molecular weight excluding hydrogens is 435 g/mol. The van der Waals surface area contributed by atoms with Gasteiger partial charge in [-0.15, -0.1) is 11.3 Å². The highest BCUT2D eigenvalue weighted by molar-refractivity contribution is 7.92. The number of thiophene rings is 1. The molecule has 30 heavy (non-hydrogen) atoms. The van der Waals surface area contributed by atoms with Gasteiger partial charge in [-0.25, -0.2) is 18.3 Å². The number of carbonyl (C=O) groups excluding carboxylic acids is 2. The number of hydroxylamine groups is 1. The lowest BCUT2D eigenvalue weighted by Crippen LogP contribution is -2.50. The third-order valence-electron chi connectivity index (χ3n) is 5.35. The fraction of sp³-hybridized carbons (Fsp3) is 0.368. The Labute approximate surface area is 177 Å². The number of nitrogens with one attached hydrogen (secondary N) is 1. The summed E-state index contributed by atoms with van der Waals surface area (Å²) in [5, 5.41) is 8.90. The van der Waals surface area contributed by atoms with E-state index in [-0.39, 0.29) is 25.4 Å². The molecule has 3 rings (SSSR count). The van der Waals surface area contributed by atoms with Crippen LogP contribution in [0, 0.1) is 5.82 Å². The molecule has 2 N–H and O–H groups in total.